The fraction of sp³-hybridized carbons (Fsp3) is 0.300. The van der Waals surface area contributed by atoms with Gasteiger partial charge in [-0.15, -0.1) is 0 Å². The molecule has 5 nitrogen and oxygen atoms in total. The largest absolute Gasteiger partial charge is 0.397 e. The van der Waals surface area contributed by atoms with Crippen LogP contribution in [-0.2, 0) is 9.59 Å². The first kappa shape index (κ1) is 17.9. The molecular weight excluding hydrogens is 333 g/mol. The number of likely N-dealkylation sites (tertiary alicyclic amines) is 1. The van der Waals surface area contributed by atoms with Crippen LogP contribution < -0.4 is 11.1 Å². The van der Waals surface area contributed by atoms with Crippen molar-refractivity contribution >= 4 is 23.2 Å². The van der Waals surface area contributed by atoms with E-state index in [9.17, 15) is 14.0 Å². The third-order valence-electron chi connectivity index (χ3n) is 4.80. The molecule has 2 aromatic rings. The Morgan fingerprint density at radius 2 is 1.69 bits per heavy atom. The monoisotopic (exact) mass is 355 g/mol. The highest BCUT2D eigenvalue weighted by molar-refractivity contribution is 5.96. The van der Waals surface area contributed by atoms with Crippen LogP contribution in [0.5, 0.6) is 0 Å². The van der Waals surface area contributed by atoms with Crippen LogP contribution in [0.15, 0.2) is 42.5 Å². The zero-order valence-corrected chi connectivity index (χ0v) is 14.7. The molecule has 0 saturated carbocycles. The highest BCUT2D eigenvalue weighted by atomic mass is 19.1. The van der Waals surface area contributed by atoms with Crippen molar-refractivity contribution in [2.75, 3.05) is 24.1 Å². The van der Waals surface area contributed by atoms with Gasteiger partial charge in [-0.3, -0.25) is 9.59 Å². The van der Waals surface area contributed by atoms with Crippen molar-refractivity contribution in [2.24, 2.45) is 5.92 Å². The quantitative estimate of drug-likeness (QED) is 0.830. The highest BCUT2D eigenvalue weighted by Gasteiger charge is 2.26. The number of nitrogen functional groups attached to an aromatic ring is 1. The van der Waals surface area contributed by atoms with E-state index < -0.39 is 0 Å². The third-order valence-corrected chi connectivity index (χ3v) is 4.80. The predicted molar refractivity (Wildman–Crippen MR) is 99.9 cm³/mol. The van der Waals surface area contributed by atoms with E-state index in [-0.39, 0.29) is 23.5 Å². The van der Waals surface area contributed by atoms with Gasteiger partial charge in [0.2, 0.25) is 11.8 Å². The average Bonchev–Trinajstić information content (AvgIpc) is 2.64. The Morgan fingerprint density at radius 1 is 1.08 bits per heavy atom. The van der Waals surface area contributed by atoms with Gasteiger partial charge in [0, 0.05) is 25.9 Å². The van der Waals surface area contributed by atoms with Gasteiger partial charge in [0.25, 0.3) is 0 Å². The van der Waals surface area contributed by atoms with Crippen molar-refractivity contribution < 1.29 is 14.0 Å². The summed E-state index contributed by atoms with van der Waals surface area (Å²) in [6.45, 7) is 2.74. The molecule has 3 N–H and O–H groups in total. The number of hydrogen-bond donors (Lipinski definition) is 2. The minimum Gasteiger partial charge on any atom is -0.397 e. The van der Waals surface area contributed by atoms with Gasteiger partial charge in [-0.25, -0.2) is 4.39 Å². The molecule has 0 spiro atoms. The zero-order valence-electron chi connectivity index (χ0n) is 14.7. The molecule has 0 aromatic heterocycles. The van der Waals surface area contributed by atoms with E-state index in [4.69, 9.17) is 5.73 Å². The molecule has 1 fully saturated rings. The predicted octanol–water partition coefficient (Wildman–Crippen LogP) is 3.27. The van der Waals surface area contributed by atoms with Crippen LogP contribution in [0.25, 0.3) is 11.1 Å². The molecule has 6 heteroatoms. The first-order valence-corrected chi connectivity index (χ1v) is 8.66. The minimum absolute atomic E-state index is 0.0418. The lowest BCUT2D eigenvalue weighted by Gasteiger charge is -2.30. The van der Waals surface area contributed by atoms with Crippen LogP contribution in [0, 0.1) is 11.7 Å². The normalized spacial score (nSPS) is 14.9. The summed E-state index contributed by atoms with van der Waals surface area (Å²) < 4.78 is 13.1. The molecule has 1 saturated heterocycles. The lowest BCUT2D eigenvalue weighted by Crippen LogP contribution is -2.40. The number of carbonyl (C=O) groups excluding carboxylic acids is 2. The van der Waals surface area contributed by atoms with Crippen LogP contribution in [-0.4, -0.2) is 29.8 Å². The fourth-order valence-electron chi connectivity index (χ4n) is 3.18. The van der Waals surface area contributed by atoms with Crippen molar-refractivity contribution in [1.29, 1.82) is 0 Å². The fourth-order valence-corrected chi connectivity index (χ4v) is 3.18. The molecule has 0 bridgehead atoms. The van der Waals surface area contributed by atoms with Crippen LogP contribution in [0.3, 0.4) is 0 Å². The number of carbonyl (C=O) groups is 2. The van der Waals surface area contributed by atoms with E-state index in [1.54, 1.807) is 36.1 Å². The minimum atomic E-state index is -0.297. The van der Waals surface area contributed by atoms with Crippen LogP contribution in [0.1, 0.15) is 19.8 Å². The van der Waals surface area contributed by atoms with Gasteiger partial charge in [0.05, 0.1) is 11.4 Å². The molecule has 26 heavy (non-hydrogen) atoms. The van der Waals surface area contributed by atoms with Crippen molar-refractivity contribution in [1.82, 2.24) is 4.90 Å². The van der Waals surface area contributed by atoms with Gasteiger partial charge in [-0.05, 0) is 48.2 Å². The van der Waals surface area contributed by atoms with Crippen molar-refractivity contribution in [3.63, 3.8) is 0 Å². The lowest BCUT2D eigenvalue weighted by molar-refractivity contribution is -0.132. The van der Waals surface area contributed by atoms with Crippen LogP contribution in [0.2, 0.25) is 0 Å². The zero-order chi connectivity index (χ0) is 18.7. The summed E-state index contributed by atoms with van der Waals surface area (Å²) >= 11 is 0. The van der Waals surface area contributed by atoms with Gasteiger partial charge < -0.3 is 16.0 Å². The summed E-state index contributed by atoms with van der Waals surface area (Å²) in [7, 11) is 0. The van der Waals surface area contributed by atoms with Gasteiger partial charge >= 0.3 is 0 Å². The molecule has 1 aliphatic rings. The molecule has 3 rings (SSSR count). The Hall–Kier alpha value is -2.89. The molecule has 1 aliphatic heterocycles. The summed E-state index contributed by atoms with van der Waals surface area (Å²) in [5.41, 5.74) is 8.72. The topological polar surface area (TPSA) is 75.4 Å². The number of nitrogens with zero attached hydrogens (tertiary/aromatic N) is 1. The first-order chi connectivity index (χ1) is 12.4. The summed E-state index contributed by atoms with van der Waals surface area (Å²) in [6.07, 6.45) is 1.28. The summed E-state index contributed by atoms with van der Waals surface area (Å²) in [5.74, 6) is -0.481. The number of anilines is 2. The number of piperidine rings is 1. The maximum absolute atomic E-state index is 13.1. The molecule has 136 valence electrons. The van der Waals surface area contributed by atoms with Crippen molar-refractivity contribution in [2.45, 2.75) is 19.8 Å². The van der Waals surface area contributed by atoms with E-state index >= 15 is 0 Å². The van der Waals surface area contributed by atoms with Gasteiger partial charge in [-0.2, -0.15) is 0 Å². The Labute approximate surface area is 152 Å². The van der Waals surface area contributed by atoms with E-state index in [0.29, 0.717) is 37.3 Å². The number of hydrogen-bond acceptors (Lipinski definition) is 3. The molecule has 0 aliphatic carbocycles. The second kappa shape index (κ2) is 7.56. The summed E-state index contributed by atoms with van der Waals surface area (Å²) in [5, 5.41) is 2.90. The number of nitrogens with one attached hydrogen (secondary N) is 1. The first-order valence-electron chi connectivity index (χ1n) is 8.66. The number of nitrogens with two attached hydrogens (primary N) is 1. The van der Waals surface area contributed by atoms with E-state index in [1.807, 2.05) is 6.07 Å². The van der Waals surface area contributed by atoms with Gasteiger partial charge in [0.15, 0.2) is 0 Å². The maximum Gasteiger partial charge on any atom is 0.227 e. The smallest absolute Gasteiger partial charge is 0.227 e. The van der Waals surface area contributed by atoms with Crippen molar-refractivity contribution in [3.8, 4) is 11.1 Å². The summed E-state index contributed by atoms with van der Waals surface area (Å²) in [4.78, 5) is 25.7. The standard InChI is InChI=1S/C20H22FN3O2/c1-13(25)24-10-8-15(9-11-24)20(26)23-19-12-16(4-7-18(19)22)14-2-5-17(21)6-3-14/h2-7,12,15H,8-11,22H2,1H3,(H,23,26). The van der Waals surface area contributed by atoms with Gasteiger partial charge in [-0.1, -0.05) is 18.2 Å². The number of halogens is 1. The van der Waals surface area contributed by atoms with Gasteiger partial charge in [0.1, 0.15) is 5.82 Å². The van der Waals surface area contributed by atoms with Crippen LogP contribution in [0.4, 0.5) is 15.8 Å². The lowest BCUT2D eigenvalue weighted by atomic mass is 9.95. The Bertz CT molecular complexity index is 812. The molecular formula is C20H22FN3O2. The molecule has 1 heterocycles. The maximum atomic E-state index is 13.1. The van der Waals surface area contributed by atoms with Crippen molar-refractivity contribution in [3.05, 3.63) is 48.3 Å². The molecule has 0 radical (unpaired) electrons. The highest BCUT2D eigenvalue weighted by Crippen LogP contribution is 2.28. The second-order valence-corrected chi connectivity index (χ2v) is 6.58. The number of benzene rings is 2. The Morgan fingerprint density at radius 3 is 2.31 bits per heavy atom. The van der Waals surface area contributed by atoms with E-state index in [0.717, 1.165) is 11.1 Å². The molecule has 0 unspecified atom stereocenters. The Balaban J connectivity index is 1.71. The molecule has 2 aromatic carbocycles. The molecule has 0 atom stereocenters. The third kappa shape index (κ3) is 4.02. The molecule has 2 amide bonds. The number of rotatable bonds is 3. The average molecular weight is 355 g/mol. The van der Waals surface area contributed by atoms with E-state index in [2.05, 4.69) is 5.32 Å². The van der Waals surface area contributed by atoms with E-state index in [1.165, 1.54) is 12.1 Å². The Kier molecular flexibility index (Phi) is 5.21. The number of amides is 2. The second-order valence-electron chi connectivity index (χ2n) is 6.58. The summed E-state index contributed by atoms with van der Waals surface area (Å²) in [6, 6.07) is 11.5. The SMILES string of the molecule is CC(=O)N1CCC(C(=O)Nc2cc(-c3ccc(F)cc3)ccc2N)CC1. The van der Waals surface area contributed by atoms with Crippen LogP contribution >= 0.6 is 0 Å².